The van der Waals surface area contributed by atoms with Crippen LogP contribution in [0.3, 0.4) is 0 Å². The van der Waals surface area contributed by atoms with Gasteiger partial charge in [0, 0.05) is 11.1 Å². The third kappa shape index (κ3) is 2.87. The second-order valence-corrected chi connectivity index (χ2v) is 5.07. The monoisotopic (exact) mass is 262 g/mol. The van der Waals surface area contributed by atoms with Crippen LogP contribution in [0.15, 0.2) is 23.6 Å². The van der Waals surface area contributed by atoms with Gasteiger partial charge in [0.15, 0.2) is 0 Å². The number of aromatic nitrogens is 1. The third-order valence-electron chi connectivity index (χ3n) is 2.52. The molecule has 0 saturated carbocycles. The fraction of sp³-hybridized carbons (Fsp3) is 0.231. The molecule has 2 rings (SSSR count). The minimum absolute atomic E-state index is 0.201. The summed E-state index contributed by atoms with van der Waals surface area (Å²) in [6.45, 7) is 3.97. The molecule has 0 atom stereocenters. The molecule has 0 aliphatic heterocycles. The van der Waals surface area contributed by atoms with Gasteiger partial charge in [-0.3, -0.25) is 0 Å². The molecule has 2 N–H and O–H groups in total. The van der Waals surface area contributed by atoms with Crippen LogP contribution in [0.5, 0.6) is 0 Å². The van der Waals surface area contributed by atoms with E-state index in [0.29, 0.717) is 11.3 Å². The van der Waals surface area contributed by atoms with Crippen molar-refractivity contribution in [3.63, 3.8) is 0 Å². The summed E-state index contributed by atoms with van der Waals surface area (Å²) in [5.74, 6) is -0.358. The number of hydrogen-bond acceptors (Lipinski definition) is 5. The highest BCUT2D eigenvalue weighted by molar-refractivity contribution is 7.09. The van der Waals surface area contributed by atoms with Gasteiger partial charge in [-0.05, 0) is 37.6 Å². The molecular formula is C13H14N2O2S. The molecule has 0 bridgehead atoms. The van der Waals surface area contributed by atoms with Gasteiger partial charge in [-0.1, -0.05) is 0 Å². The lowest BCUT2D eigenvalue weighted by molar-refractivity contribution is 0.0468. The summed E-state index contributed by atoms with van der Waals surface area (Å²) in [5.41, 5.74) is 8.52. The molecule has 4 nitrogen and oxygen atoms in total. The number of nitrogens with zero attached hydrogens (tertiary/aromatic N) is 1. The molecule has 5 heteroatoms. The first-order chi connectivity index (χ1) is 8.56. The number of esters is 1. The summed E-state index contributed by atoms with van der Waals surface area (Å²) in [5, 5.41) is 2.85. The number of ether oxygens (including phenoxy) is 1. The quantitative estimate of drug-likeness (QED) is 0.682. The van der Waals surface area contributed by atoms with Crippen LogP contribution < -0.4 is 5.73 Å². The number of nitrogens with two attached hydrogens (primary N) is 1. The molecule has 2 aromatic rings. The number of benzene rings is 1. The SMILES string of the molecule is Cc1nc(COC(=O)c2ccc(N)c(C)c2)cs1. The zero-order valence-electron chi connectivity index (χ0n) is 10.3. The van der Waals surface area contributed by atoms with Gasteiger partial charge in [-0.2, -0.15) is 0 Å². The number of thiazole rings is 1. The standard InChI is InChI=1S/C13H14N2O2S/c1-8-5-10(3-4-12(8)14)13(16)17-6-11-7-18-9(2)15-11/h3-5,7H,6,14H2,1-2H3. The molecule has 94 valence electrons. The van der Waals surface area contributed by atoms with E-state index in [1.54, 1.807) is 18.2 Å². The third-order valence-corrected chi connectivity index (χ3v) is 3.35. The minimum atomic E-state index is -0.358. The predicted octanol–water partition coefficient (Wildman–Crippen LogP) is 2.70. The van der Waals surface area contributed by atoms with Crippen molar-refractivity contribution in [2.75, 3.05) is 5.73 Å². The lowest BCUT2D eigenvalue weighted by Crippen LogP contribution is -2.06. The molecular weight excluding hydrogens is 248 g/mol. The maximum Gasteiger partial charge on any atom is 0.338 e. The maximum atomic E-state index is 11.8. The fourth-order valence-electron chi connectivity index (χ4n) is 1.50. The van der Waals surface area contributed by atoms with Crippen molar-refractivity contribution in [3.8, 4) is 0 Å². The first-order valence-electron chi connectivity index (χ1n) is 5.50. The summed E-state index contributed by atoms with van der Waals surface area (Å²) in [6.07, 6.45) is 0. The molecule has 1 heterocycles. The first kappa shape index (κ1) is 12.6. The van der Waals surface area contributed by atoms with Crippen LogP contribution >= 0.6 is 11.3 Å². The number of anilines is 1. The summed E-state index contributed by atoms with van der Waals surface area (Å²) >= 11 is 1.54. The van der Waals surface area contributed by atoms with E-state index < -0.39 is 0 Å². The lowest BCUT2D eigenvalue weighted by atomic mass is 10.1. The molecule has 1 aromatic carbocycles. The average molecular weight is 262 g/mol. The highest BCUT2D eigenvalue weighted by atomic mass is 32.1. The topological polar surface area (TPSA) is 65.2 Å². The molecule has 18 heavy (non-hydrogen) atoms. The van der Waals surface area contributed by atoms with E-state index in [1.807, 2.05) is 19.2 Å². The van der Waals surface area contributed by atoms with Crippen molar-refractivity contribution < 1.29 is 9.53 Å². The molecule has 0 saturated heterocycles. The smallest absolute Gasteiger partial charge is 0.338 e. The van der Waals surface area contributed by atoms with Crippen LogP contribution in [0.2, 0.25) is 0 Å². The average Bonchev–Trinajstić information content (AvgIpc) is 2.75. The Bertz CT molecular complexity index is 578. The highest BCUT2D eigenvalue weighted by Crippen LogP contribution is 2.15. The van der Waals surface area contributed by atoms with Gasteiger partial charge in [-0.15, -0.1) is 11.3 Å². The van der Waals surface area contributed by atoms with E-state index in [4.69, 9.17) is 10.5 Å². The Morgan fingerprint density at radius 2 is 2.22 bits per heavy atom. The number of rotatable bonds is 3. The fourth-order valence-corrected chi connectivity index (χ4v) is 2.10. The summed E-state index contributed by atoms with van der Waals surface area (Å²) in [4.78, 5) is 16.0. The van der Waals surface area contributed by atoms with Gasteiger partial charge in [0.05, 0.1) is 16.3 Å². The Morgan fingerprint density at radius 1 is 1.44 bits per heavy atom. The first-order valence-corrected chi connectivity index (χ1v) is 6.38. The molecule has 0 spiro atoms. The normalized spacial score (nSPS) is 10.3. The molecule has 0 amide bonds. The van der Waals surface area contributed by atoms with Crippen molar-refractivity contribution in [2.45, 2.75) is 20.5 Å². The predicted molar refractivity (Wildman–Crippen MR) is 71.6 cm³/mol. The van der Waals surface area contributed by atoms with E-state index in [9.17, 15) is 4.79 Å². The summed E-state index contributed by atoms with van der Waals surface area (Å²) in [7, 11) is 0. The number of aryl methyl sites for hydroxylation is 2. The Hall–Kier alpha value is -1.88. The number of carbonyl (C=O) groups excluding carboxylic acids is 1. The molecule has 0 radical (unpaired) electrons. The van der Waals surface area contributed by atoms with Crippen LogP contribution in [0, 0.1) is 13.8 Å². The second kappa shape index (κ2) is 5.18. The van der Waals surface area contributed by atoms with E-state index >= 15 is 0 Å². The molecule has 0 unspecified atom stereocenters. The van der Waals surface area contributed by atoms with Crippen molar-refractivity contribution in [1.82, 2.24) is 4.98 Å². The molecule has 0 aliphatic rings. The van der Waals surface area contributed by atoms with E-state index in [0.717, 1.165) is 16.3 Å². The Balaban J connectivity index is 2.01. The lowest BCUT2D eigenvalue weighted by Gasteiger charge is -2.05. The Labute approximate surface area is 109 Å². The van der Waals surface area contributed by atoms with Gasteiger partial charge in [0.1, 0.15) is 6.61 Å². The second-order valence-electron chi connectivity index (χ2n) is 4.01. The minimum Gasteiger partial charge on any atom is -0.456 e. The molecule has 0 aliphatic carbocycles. The maximum absolute atomic E-state index is 11.8. The van der Waals surface area contributed by atoms with E-state index in [-0.39, 0.29) is 12.6 Å². The Kier molecular flexibility index (Phi) is 3.62. The van der Waals surface area contributed by atoms with Crippen LogP contribution in [0.1, 0.15) is 26.6 Å². The van der Waals surface area contributed by atoms with Crippen LogP contribution in [-0.4, -0.2) is 11.0 Å². The number of carbonyl (C=O) groups is 1. The van der Waals surface area contributed by atoms with Crippen LogP contribution in [-0.2, 0) is 11.3 Å². The highest BCUT2D eigenvalue weighted by Gasteiger charge is 2.09. The molecule has 0 fully saturated rings. The summed E-state index contributed by atoms with van der Waals surface area (Å²) < 4.78 is 5.19. The van der Waals surface area contributed by atoms with Gasteiger partial charge >= 0.3 is 5.97 Å². The largest absolute Gasteiger partial charge is 0.456 e. The van der Waals surface area contributed by atoms with Crippen molar-refractivity contribution in [2.24, 2.45) is 0 Å². The van der Waals surface area contributed by atoms with Crippen LogP contribution in [0.4, 0.5) is 5.69 Å². The van der Waals surface area contributed by atoms with Gasteiger partial charge in [0.2, 0.25) is 0 Å². The zero-order valence-corrected chi connectivity index (χ0v) is 11.1. The zero-order chi connectivity index (χ0) is 13.1. The van der Waals surface area contributed by atoms with E-state index in [2.05, 4.69) is 4.98 Å². The van der Waals surface area contributed by atoms with Gasteiger partial charge in [-0.25, -0.2) is 9.78 Å². The van der Waals surface area contributed by atoms with Gasteiger partial charge < -0.3 is 10.5 Å². The van der Waals surface area contributed by atoms with Gasteiger partial charge in [0.25, 0.3) is 0 Å². The number of hydrogen-bond donors (Lipinski definition) is 1. The van der Waals surface area contributed by atoms with Crippen molar-refractivity contribution in [1.29, 1.82) is 0 Å². The Morgan fingerprint density at radius 3 is 2.83 bits per heavy atom. The van der Waals surface area contributed by atoms with Crippen LogP contribution in [0.25, 0.3) is 0 Å². The van der Waals surface area contributed by atoms with Crippen molar-refractivity contribution in [3.05, 3.63) is 45.4 Å². The van der Waals surface area contributed by atoms with Crippen molar-refractivity contribution >= 4 is 23.0 Å². The summed E-state index contributed by atoms with van der Waals surface area (Å²) in [6, 6.07) is 5.10. The van der Waals surface area contributed by atoms with E-state index in [1.165, 1.54) is 11.3 Å². The molecule has 1 aromatic heterocycles. The number of nitrogen functional groups attached to an aromatic ring is 1.